The Labute approximate surface area is 265 Å². The number of nitrogens with one attached hydrogen (secondary N) is 1. The molecule has 256 valence electrons. The third kappa shape index (κ3) is 29.7. The van der Waals surface area contributed by atoms with E-state index >= 15 is 0 Å². The highest BCUT2D eigenvalue weighted by molar-refractivity contribution is 7.47. The van der Waals surface area contributed by atoms with E-state index in [4.69, 9.17) is 14.8 Å². The molecule has 0 aromatic rings. The molecule has 0 aliphatic heterocycles. The average molecular weight is 633 g/mol. The van der Waals surface area contributed by atoms with Gasteiger partial charge in [0.05, 0.1) is 25.4 Å². The first-order valence-electron chi connectivity index (χ1n) is 17.8. The van der Waals surface area contributed by atoms with Gasteiger partial charge in [-0.05, 0) is 38.5 Å². The van der Waals surface area contributed by atoms with E-state index in [-0.39, 0.29) is 25.7 Å². The summed E-state index contributed by atoms with van der Waals surface area (Å²) in [5.74, 6) is -0.173. The molecule has 0 saturated carbocycles. The number of phosphoric ester groups is 1. The molecule has 0 bridgehead atoms. The Balaban J connectivity index is 4.28. The molecular weight excluding hydrogens is 563 g/mol. The highest BCUT2D eigenvalue weighted by Gasteiger charge is 2.27. The topological polar surface area (TPSA) is 131 Å². The Morgan fingerprint density at radius 3 is 1.72 bits per heavy atom. The minimum atomic E-state index is -4.30. The van der Waals surface area contributed by atoms with Crippen LogP contribution < -0.4 is 11.1 Å². The molecule has 0 radical (unpaired) electrons. The Bertz CT molecular complexity index is 694. The number of allylic oxidation sites excluding steroid dienone is 2. The van der Waals surface area contributed by atoms with E-state index in [0.717, 1.165) is 51.4 Å². The highest BCUT2D eigenvalue weighted by atomic mass is 31.2. The fourth-order valence-electron chi connectivity index (χ4n) is 5.13. The second kappa shape index (κ2) is 31.2. The van der Waals surface area contributed by atoms with Gasteiger partial charge in [0.25, 0.3) is 0 Å². The molecule has 0 fully saturated rings. The predicted octanol–water partition coefficient (Wildman–Crippen LogP) is 8.88. The quantitative estimate of drug-likeness (QED) is 0.0323. The summed E-state index contributed by atoms with van der Waals surface area (Å²) in [4.78, 5) is 22.5. The van der Waals surface area contributed by atoms with Crippen molar-refractivity contribution in [1.29, 1.82) is 0 Å². The van der Waals surface area contributed by atoms with Gasteiger partial charge >= 0.3 is 7.82 Å². The Morgan fingerprint density at radius 2 is 1.21 bits per heavy atom. The van der Waals surface area contributed by atoms with E-state index in [0.29, 0.717) is 12.8 Å². The summed E-state index contributed by atoms with van der Waals surface area (Å²) < 4.78 is 22.0. The summed E-state index contributed by atoms with van der Waals surface area (Å²) in [5, 5.41) is 13.7. The fourth-order valence-corrected chi connectivity index (χ4v) is 5.89. The molecule has 3 unspecified atom stereocenters. The van der Waals surface area contributed by atoms with Gasteiger partial charge in [0.2, 0.25) is 5.91 Å². The van der Waals surface area contributed by atoms with Crippen molar-refractivity contribution in [3.8, 4) is 0 Å². The molecule has 5 N–H and O–H groups in total. The summed E-state index contributed by atoms with van der Waals surface area (Å²) in [5.41, 5.74) is 5.34. The second-order valence-corrected chi connectivity index (χ2v) is 13.5. The summed E-state index contributed by atoms with van der Waals surface area (Å²) in [6, 6.07) is -0.772. The zero-order valence-electron chi connectivity index (χ0n) is 28.0. The summed E-state index contributed by atoms with van der Waals surface area (Å²) in [6.45, 7) is 4.16. The lowest BCUT2D eigenvalue weighted by molar-refractivity contribution is -0.123. The maximum absolute atomic E-state index is 12.6. The molecular formula is C34H69N2O6P. The number of amides is 1. The molecule has 0 aliphatic carbocycles. The lowest BCUT2D eigenvalue weighted by Gasteiger charge is -2.25. The van der Waals surface area contributed by atoms with Gasteiger partial charge in [0, 0.05) is 13.0 Å². The Hall–Kier alpha value is -0.760. The van der Waals surface area contributed by atoms with E-state index in [1.54, 1.807) is 0 Å². The minimum Gasteiger partial charge on any atom is -0.391 e. The number of carbonyl (C=O) groups is 1. The molecule has 0 aliphatic rings. The Kier molecular flexibility index (Phi) is 30.7. The van der Waals surface area contributed by atoms with Crippen LogP contribution in [-0.2, 0) is 18.4 Å². The van der Waals surface area contributed by atoms with Crippen LogP contribution in [0.25, 0.3) is 0 Å². The first-order valence-corrected chi connectivity index (χ1v) is 19.3. The van der Waals surface area contributed by atoms with E-state index in [1.807, 2.05) is 0 Å². The third-order valence-electron chi connectivity index (χ3n) is 7.87. The molecule has 0 heterocycles. The van der Waals surface area contributed by atoms with Crippen LogP contribution in [0.3, 0.4) is 0 Å². The SMILES string of the molecule is CCCCCCC/C=C\CCCCCCCC(=O)NC(COP(=O)(O)OCCN)C(O)CCCCCCCCCCCC. The number of phosphoric acid groups is 1. The van der Waals surface area contributed by atoms with E-state index in [1.165, 1.54) is 89.9 Å². The van der Waals surface area contributed by atoms with Crippen LogP contribution in [0, 0.1) is 0 Å². The number of hydrogen-bond acceptors (Lipinski definition) is 6. The molecule has 0 aromatic carbocycles. The molecule has 9 heteroatoms. The monoisotopic (exact) mass is 632 g/mol. The van der Waals surface area contributed by atoms with Gasteiger partial charge in [-0.3, -0.25) is 13.8 Å². The first kappa shape index (κ1) is 42.2. The predicted molar refractivity (Wildman–Crippen MR) is 180 cm³/mol. The second-order valence-electron chi connectivity index (χ2n) is 12.1. The van der Waals surface area contributed by atoms with Crippen LogP contribution in [0.5, 0.6) is 0 Å². The van der Waals surface area contributed by atoms with Gasteiger partial charge in [0.15, 0.2) is 0 Å². The molecule has 0 rings (SSSR count). The van der Waals surface area contributed by atoms with Crippen molar-refractivity contribution in [3.63, 3.8) is 0 Å². The number of nitrogens with two attached hydrogens (primary N) is 1. The van der Waals surface area contributed by atoms with Crippen molar-refractivity contribution in [1.82, 2.24) is 5.32 Å². The van der Waals surface area contributed by atoms with Gasteiger partial charge in [-0.25, -0.2) is 4.57 Å². The van der Waals surface area contributed by atoms with Gasteiger partial charge in [-0.2, -0.15) is 0 Å². The van der Waals surface area contributed by atoms with Gasteiger partial charge in [-0.15, -0.1) is 0 Å². The van der Waals surface area contributed by atoms with Crippen molar-refractivity contribution >= 4 is 13.7 Å². The van der Waals surface area contributed by atoms with Crippen molar-refractivity contribution in [2.24, 2.45) is 5.73 Å². The largest absolute Gasteiger partial charge is 0.472 e. The molecule has 3 atom stereocenters. The first-order chi connectivity index (χ1) is 20.9. The maximum atomic E-state index is 12.6. The zero-order chi connectivity index (χ0) is 31.9. The van der Waals surface area contributed by atoms with Gasteiger partial charge in [0.1, 0.15) is 0 Å². The van der Waals surface area contributed by atoms with Gasteiger partial charge in [-0.1, -0.05) is 135 Å². The molecule has 1 amide bonds. The molecule has 8 nitrogen and oxygen atoms in total. The number of carbonyl (C=O) groups excluding carboxylic acids is 1. The highest BCUT2D eigenvalue weighted by Crippen LogP contribution is 2.43. The maximum Gasteiger partial charge on any atom is 0.472 e. The molecule has 0 spiro atoms. The normalized spacial score (nSPS) is 14.6. The lowest BCUT2D eigenvalue weighted by Crippen LogP contribution is -2.46. The molecule has 0 aromatic heterocycles. The number of aliphatic hydroxyl groups excluding tert-OH is 1. The summed E-state index contributed by atoms with van der Waals surface area (Å²) >= 11 is 0. The fraction of sp³-hybridized carbons (Fsp3) is 0.912. The number of unbranched alkanes of at least 4 members (excludes halogenated alkanes) is 19. The third-order valence-corrected chi connectivity index (χ3v) is 8.85. The van der Waals surface area contributed by atoms with Crippen molar-refractivity contribution in [2.45, 2.75) is 180 Å². The average Bonchev–Trinajstić information content (AvgIpc) is 2.99. The van der Waals surface area contributed by atoms with Gasteiger partial charge < -0.3 is 21.1 Å². The van der Waals surface area contributed by atoms with Crippen molar-refractivity contribution in [2.75, 3.05) is 19.8 Å². The lowest BCUT2D eigenvalue weighted by atomic mass is 10.0. The van der Waals surface area contributed by atoms with Crippen LogP contribution in [0.2, 0.25) is 0 Å². The zero-order valence-corrected chi connectivity index (χ0v) is 28.8. The smallest absolute Gasteiger partial charge is 0.391 e. The number of aliphatic hydroxyl groups is 1. The standard InChI is InChI=1S/C34H69N2O6P/c1-3-5-7-9-11-13-15-16-17-18-20-22-24-26-28-34(38)36-32(31-42-43(39,40)41-30-29-35)33(37)27-25-23-21-19-14-12-10-8-6-4-2/h15-16,32-33,37H,3-14,17-31,35H2,1-2H3,(H,36,38)(H,39,40)/b16-15-. The number of hydrogen-bond donors (Lipinski definition) is 4. The molecule has 0 saturated heterocycles. The van der Waals surface area contributed by atoms with Crippen LogP contribution in [0.1, 0.15) is 168 Å². The molecule has 43 heavy (non-hydrogen) atoms. The van der Waals surface area contributed by atoms with E-state index in [2.05, 4.69) is 31.3 Å². The Morgan fingerprint density at radius 1 is 0.744 bits per heavy atom. The van der Waals surface area contributed by atoms with E-state index < -0.39 is 20.0 Å². The number of rotatable bonds is 33. The van der Waals surface area contributed by atoms with Crippen LogP contribution in [0.4, 0.5) is 0 Å². The van der Waals surface area contributed by atoms with Crippen LogP contribution >= 0.6 is 7.82 Å². The van der Waals surface area contributed by atoms with Crippen molar-refractivity contribution in [3.05, 3.63) is 12.2 Å². The van der Waals surface area contributed by atoms with E-state index in [9.17, 15) is 19.4 Å². The summed E-state index contributed by atoms with van der Waals surface area (Å²) in [6.07, 6.45) is 30.7. The van der Waals surface area contributed by atoms with Crippen LogP contribution in [-0.4, -0.2) is 47.8 Å². The summed E-state index contributed by atoms with van der Waals surface area (Å²) in [7, 11) is -4.30. The van der Waals surface area contributed by atoms with Crippen LogP contribution in [0.15, 0.2) is 12.2 Å². The minimum absolute atomic E-state index is 0.0886. The van der Waals surface area contributed by atoms with Crippen molar-refractivity contribution < 1.29 is 28.4 Å².